The molecule has 0 unspecified atom stereocenters. The molecule has 0 radical (unpaired) electrons. The molecule has 0 amide bonds. The highest BCUT2D eigenvalue weighted by atomic mass is 32.1. The van der Waals surface area contributed by atoms with Gasteiger partial charge in [0.2, 0.25) is 0 Å². The molecule has 0 aliphatic heterocycles. The van der Waals surface area contributed by atoms with Crippen LogP contribution < -0.4 is 10.6 Å². The molecule has 0 fully saturated rings. The minimum atomic E-state index is 0.00326. The number of nitrogens with zero attached hydrogens (tertiary/aromatic N) is 3. The number of hydrogen-bond acceptors (Lipinski definition) is 7. The average molecular weight is 262 g/mol. The predicted molar refractivity (Wildman–Crippen MR) is 68.7 cm³/mol. The first-order chi connectivity index (χ1) is 8.69. The van der Waals surface area contributed by atoms with Crippen LogP contribution in [0.4, 0.5) is 5.13 Å². The van der Waals surface area contributed by atoms with Gasteiger partial charge in [-0.15, -0.1) is 0 Å². The van der Waals surface area contributed by atoms with E-state index in [1.165, 1.54) is 0 Å². The molecule has 1 heterocycles. The number of oxime groups is 1. The Bertz CT molecular complexity index is 577. The summed E-state index contributed by atoms with van der Waals surface area (Å²) in [7, 11) is 0. The lowest BCUT2D eigenvalue weighted by atomic mass is 10.2. The van der Waals surface area contributed by atoms with Crippen molar-refractivity contribution in [3.63, 3.8) is 0 Å². The van der Waals surface area contributed by atoms with E-state index in [1.54, 1.807) is 12.1 Å². The number of carbonyl (C=O) groups is 1. The summed E-state index contributed by atoms with van der Waals surface area (Å²) in [4.78, 5) is 19.8. The number of nitrogen functional groups attached to an aromatic ring is 1. The maximum Gasteiger partial charge on any atom is 0.200 e. The lowest BCUT2D eigenvalue weighted by molar-refractivity contribution is -0.102. The Morgan fingerprint density at radius 3 is 2.72 bits per heavy atom. The van der Waals surface area contributed by atoms with Gasteiger partial charge in [0.25, 0.3) is 0 Å². The molecule has 0 bridgehead atoms. The van der Waals surface area contributed by atoms with Gasteiger partial charge in [-0.1, -0.05) is 22.9 Å². The third-order valence-electron chi connectivity index (χ3n) is 2.05. The van der Waals surface area contributed by atoms with Crippen LogP contribution >= 0.6 is 11.5 Å². The second kappa shape index (κ2) is 5.37. The summed E-state index contributed by atoms with van der Waals surface area (Å²) < 4.78 is 3.88. The molecule has 2 aromatic rings. The molecule has 92 valence electrons. The molecule has 2 N–H and O–H groups in total. The first kappa shape index (κ1) is 12.2. The minimum Gasteiger partial charge on any atom is -0.374 e. The molecular weight excluding hydrogens is 252 g/mol. The van der Waals surface area contributed by atoms with Gasteiger partial charge in [0.15, 0.2) is 28.7 Å². The molecule has 6 nitrogen and oxygen atoms in total. The smallest absolute Gasteiger partial charge is 0.200 e. The first-order valence-electron chi connectivity index (χ1n) is 5.05. The number of aryl methyl sites for hydroxylation is 1. The van der Waals surface area contributed by atoms with E-state index in [0.29, 0.717) is 12.0 Å². The highest BCUT2D eigenvalue weighted by molar-refractivity contribution is 7.09. The van der Waals surface area contributed by atoms with Crippen molar-refractivity contribution in [2.45, 2.75) is 6.92 Å². The van der Waals surface area contributed by atoms with E-state index in [1.807, 2.05) is 19.1 Å². The number of aromatic nitrogens is 2. The summed E-state index contributed by atoms with van der Waals surface area (Å²) in [6.45, 7) is 1.96. The van der Waals surface area contributed by atoms with Crippen LogP contribution in [0.5, 0.6) is 5.75 Å². The topological polar surface area (TPSA) is 90.5 Å². The number of nitrogens with two attached hydrogens (primary N) is 1. The van der Waals surface area contributed by atoms with Gasteiger partial charge in [-0.05, 0) is 19.1 Å². The van der Waals surface area contributed by atoms with Crippen LogP contribution in [0, 0.1) is 6.92 Å². The maximum absolute atomic E-state index is 10.9. The Hall–Kier alpha value is -2.28. The van der Waals surface area contributed by atoms with Crippen molar-refractivity contribution in [3.8, 4) is 5.75 Å². The molecule has 7 heteroatoms. The van der Waals surface area contributed by atoms with E-state index < -0.39 is 0 Å². The molecule has 0 saturated carbocycles. The Morgan fingerprint density at radius 1 is 1.44 bits per heavy atom. The third kappa shape index (κ3) is 2.89. The molecule has 0 spiro atoms. The Kier molecular flexibility index (Phi) is 3.63. The van der Waals surface area contributed by atoms with Crippen molar-refractivity contribution < 1.29 is 9.63 Å². The summed E-state index contributed by atoms with van der Waals surface area (Å²) in [6, 6.07) is 7.27. The molecule has 0 aliphatic carbocycles. The summed E-state index contributed by atoms with van der Waals surface area (Å²) >= 11 is 0.993. The number of aldehydes is 1. The van der Waals surface area contributed by atoms with E-state index in [-0.39, 0.29) is 16.7 Å². The Morgan fingerprint density at radius 2 is 2.17 bits per heavy atom. The van der Waals surface area contributed by atoms with Crippen molar-refractivity contribution in [1.82, 2.24) is 9.36 Å². The van der Waals surface area contributed by atoms with Gasteiger partial charge in [0.1, 0.15) is 0 Å². The molecule has 18 heavy (non-hydrogen) atoms. The van der Waals surface area contributed by atoms with Gasteiger partial charge in [0, 0.05) is 11.5 Å². The fourth-order valence-corrected chi connectivity index (χ4v) is 1.60. The van der Waals surface area contributed by atoms with Crippen molar-refractivity contribution in [2.75, 3.05) is 5.73 Å². The zero-order chi connectivity index (χ0) is 13.0. The fraction of sp³-hybridized carbons (Fsp3) is 0.0909. The molecular formula is C11H10N4O2S. The van der Waals surface area contributed by atoms with Crippen LogP contribution in [0.2, 0.25) is 0 Å². The SMILES string of the molecule is Cc1ccc(ON=C(C=O)c2nsc(N)n2)cc1. The third-order valence-corrected chi connectivity index (χ3v) is 2.60. The summed E-state index contributed by atoms with van der Waals surface area (Å²) in [5.74, 6) is 0.697. The maximum atomic E-state index is 10.9. The van der Waals surface area contributed by atoms with Crippen molar-refractivity contribution in [2.24, 2.45) is 5.16 Å². The van der Waals surface area contributed by atoms with Crippen LogP contribution in [0.25, 0.3) is 0 Å². The second-order valence-electron chi connectivity index (χ2n) is 3.45. The van der Waals surface area contributed by atoms with Crippen LogP contribution in [-0.4, -0.2) is 21.4 Å². The van der Waals surface area contributed by atoms with E-state index in [0.717, 1.165) is 17.1 Å². The Labute approximate surface area is 107 Å². The minimum absolute atomic E-state index is 0.00326. The predicted octanol–water partition coefficient (Wildman–Crippen LogP) is 1.41. The molecule has 2 rings (SSSR count). The molecule has 0 aliphatic rings. The second-order valence-corrected chi connectivity index (χ2v) is 4.24. The van der Waals surface area contributed by atoms with Gasteiger partial charge in [-0.3, -0.25) is 4.79 Å². The largest absolute Gasteiger partial charge is 0.374 e. The number of carbonyl (C=O) groups excluding carboxylic acids is 1. The molecule has 0 atom stereocenters. The van der Waals surface area contributed by atoms with Gasteiger partial charge in [-0.2, -0.15) is 9.36 Å². The van der Waals surface area contributed by atoms with E-state index >= 15 is 0 Å². The standard InChI is InChI=1S/C11H10N4O2S/c1-7-2-4-8(5-3-7)17-14-9(6-16)10-13-11(12)18-15-10/h2-6H,1H3,(H2,12,13,15). The fourth-order valence-electron chi connectivity index (χ4n) is 1.16. The molecule has 1 aromatic heterocycles. The summed E-state index contributed by atoms with van der Waals surface area (Å²) in [5, 5.41) is 3.97. The van der Waals surface area contributed by atoms with Crippen molar-refractivity contribution in [3.05, 3.63) is 35.7 Å². The highest BCUT2D eigenvalue weighted by Gasteiger charge is 2.09. The quantitative estimate of drug-likeness (QED) is 0.511. The normalized spacial score (nSPS) is 11.3. The van der Waals surface area contributed by atoms with Crippen LogP contribution in [0.15, 0.2) is 29.4 Å². The van der Waals surface area contributed by atoms with Gasteiger partial charge >= 0.3 is 0 Å². The molecule has 1 aromatic carbocycles. The van der Waals surface area contributed by atoms with Crippen molar-refractivity contribution >= 4 is 28.7 Å². The van der Waals surface area contributed by atoms with Gasteiger partial charge in [0.05, 0.1) is 0 Å². The first-order valence-corrected chi connectivity index (χ1v) is 5.83. The zero-order valence-corrected chi connectivity index (χ0v) is 10.3. The highest BCUT2D eigenvalue weighted by Crippen LogP contribution is 2.12. The lowest BCUT2D eigenvalue weighted by Crippen LogP contribution is -2.07. The van der Waals surface area contributed by atoms with Crippen molar-refractivity contribution in [1.29, 1.82) is 0 Å². The van der Waals surface area contributed by atoms with Crippen LogP contribution in [0.3, 0.4) is 0 Å². The summed E-state index contributed by atoms with van der Waals surface area (Å²) in [6.07, 6.45) is 0.523. The van der Waals surface area contributed by atoms with Crippen LogP contribution in [-0.2, 0) is 4.79 Å². The summed E-state index contributed by atoms with van der Waals surface area (Å²) in [5.41, 5.74) is 6.54. The van der Waals surface area contributed by atoms with E-state index in [4.69, 9.17) is 10.6 Å². The number of rotatable bonds is 4. The van der Waals surface area contributed by atoms with Gasteiger partial charge < -0.3 is 10.6 Å². The number of hydrogen-bond donors (Lipinski definition) is 1. The lowest BCUT2D eigenvalue weighted by Gasteiger charge is -1.99. The number of anilines is 1. The number of benzene rings is 1. The van der Waals surface area contributed by atoms with E-state index in [9.17, 15) is 4.79 Å². The van der Waals surface area contributed by atoms with Crippen LogP contribution in [0.1, 0.15) is 11.4 Å². The van der Waals surface area contributed by atoms with E-state index in [2.05, 4.69) is 14.5 Å². The Balaban J connectivity index is 2.15. The monoisotopic (exact) mass is 262 g/mol. The zero-order valence-electron chi connectivity index (χ0n) is 9.53. The molecule has 0 saturated heterocycles. The average Bonchev–Trinajstić information content (AvgIpc) is 2.79. The van der Waals surface area contributed by atoms with Gasteiger partial charge in [-0.25, -0.2) is 0 Å².